The molecule has 0 heterocycles. The van der Waals surface area contributed by atoms with Gasteiger partial charge < -0.3 is 5.73 Å². The summed E-state index contributed by atoms with van der Waals surface area (Å²) < 4.78 is 62.2. The lowest BCUT2D eigenvalue weighted by Crippen LogP contribution is -2.17. The summed E-state index contributed by atoms with van der Waals surface area (Å²) in [6, 6.07) is 0.279. The molecule has 1 aromatic carbocycles. The number of hydrogen-bond acceptors (Lipinski definition) is 1. The summed E-state index contributed by atoms with van der Waals surface area (Å²) in [6.07, 6.45) is -6.13. The predicted octanol–water partition coefficient (Wildman–Crippen LogP) is 3.96. The van der Waals surface area contributed by atoms with Crippen LogP contribution in [0.15, 0.2) is 12.1 Å². The molecular formula is C10H9ClF5N. The molecule has 0 aromatic heterocycles. The van der Waals surface area contributed by atoms with Gasteiger partial charge in [0.1, 0.15) is 11.6 Å². The fourth-order valence-electron chi connectivity index (χ4n) is 1.35. The lowest BCUT2D eigenvalue weighted by atomic mass is 10.0. The maximum Gasteiger partial charge on any atom is 0.389 e. The molecule has 1 atom stereocenters. The first-order valence-electron chi connectivity index (χ1n) is 4.68. The molecule has 0 saturated heterocycles. The van der Waals surface area contributed by atoms with Crippen molar-refractivity contribution in [3.05, 3.63) is 34.4 Å². The molecule has 1 nitrogen and oxygen atoms in total. The summed E-state index contributed by atoms with van der Waals surface area (Å²) in [5, 5.41) is -0.570. The van der Waals surface area contributed by atoms with Crippen LogP contribution in [0.5, 0.6) is 0 Å². The van der Waals surface area contributed by atoms with Gasteiger partial charge >= 0.3 is 6.18 Å². The fraction of sp³-hybridized carbons (Fsp3) is 0.400. The minimum absolute atomic E-state index is 0.420. The maximum atomic E-state index is 13.3. The Balaban J connectivity index is 2.89. The van der Waals surface area contributed by atoms with Crippen molar-refractivity contribution in [3.63, 3.8) is 0 Å². The molecule has 0 aliphatic heterocycles. The van der Waals surface area contributed by atoms with Crippen LogP contribution in [0, 0.1) is 11.6 Å². The van der Waals surface area contributed by atoms with E-state index in [0.717, 1.165) is 12.1 Å². The third-order valence-corrected chi connectivity index (χ3v) is 2.57. The largest absolute Gasteiger partial charge is 0.389 e. The molecule has 0 aliphatic carbocycles. The minimum Gasteiger partial charge on any atom is -0.324 e. The Kier molecular flexibility index (Phi) is 4.32. The standard InChI is InChI=1S/C10H9ClF5N/c11-9-6(13)2-1-5(12)8(9)7(17)3-4-10(14,15)16/h1-2,7H,3-4,17H2/t7-/m0/s1. The summed E-state index contributed by atoms with van der Waals surface area (Å²) in [6.45, 7) is 0. The van der Waals surface area contributed by atoms with E-state index in [1.165, 1.54) is 0 Å². The van der Waals surface area contributed by atoms with Gasteiger partial charge in [-0.15, -0.1) is 0 Å². The van der Waals surface area contributed by atoms with Crippen molar-refractivity contribution in [1.29, 1.82) is 0 Å². The average molecular weight is 274 g/mol. The van der Waals surface area contributed by atoms with Gasteiger partial charge in [-0.1, -0.05) is 11.6 Å². The van der Waals surface area contributed by atoms with Gasteiger partial charge in [-0.05, 0) is 18.6 Å². The highest BCUT2D eigenvalue weighted by molar-refractivity contribution is 6.31. The number of hydrogen-bond donors (Lipinski definition) is 1. The summed E-state index contributed by atoms with van der Waals surface area (Å²) in [7, 11) is 0. The molecule has 0 radical (unpaired) electrons. The van der Waals surface area contributed by atoms with Crippen molar-refractivity contribution in [2.75, 3.05) is 0 Å². The number of nitrogens with two attached hydrogens (primary N) is 1. The molecule has 17 heavy (non-hydrogen) atoms. The first kappa shape index (κ1) is 14.2. The van der Waals surface area contributed by atoms with Crippen molar-refractivity contribution in [1.82, 2.24) is 0 Å². The van der Waals surface area contributed by atoms with Crippen molar-refractivity contribution < 1.29 is 22.0 Å². The molecule has 0 unspecified atom stereocenters. The third kappa shape index (κ3) is 3.81. The van der Waals surface area contributed by atoms with Gasteiger partial charge in [-0.2, -0.15) is 13.2 Å². The molecule has 0 fully saturated rings. The molecule has 0 amide bonds. The number of benzene rings is 1. The van der Waals surface area contributed by atoms with Gasteiger partial charge in [0.25, 0.3) is 0 Å². The highest BCUT2D eigenvalue weighted by atomic mass is 35.5. The Bertz CT molecular complexity index is 404. The van der Waals surface area contributed by atoms with Crippen LogP contribution >= 0.6 is 11.6 Å². The first-order chi connectivity index (χ1) is 7.72. The first-order valence-corrected chi connectivity index (χ1v) is 5.06. The molecule has 96 valence electrons. The van der Waals surface area contributed by atoms with Crippen molar-refractivity contribution in [2.45, 2.75) is 25.1 Å². The topological polar surface area (TPSA) is 26.0 Å². The number of alkyl halides is 3. The van der Waals surface area contributed by atoms with Crippen LogP contribution in [-0.4, -0.2) is 6.18 Å². The summed E-state index contributed by atoms with van der Waals surface area (Å²) in [4.78, 5) is 0. The van der Waals surface area contributed by atoms with Crippen LogP contribution in [0.3, 0.4) is 0 Å². The normalized spacial score (nSPS) is 13.8. The van der Waals surface area contributed by atoms with E-state index in [2.05, 4.69) is 0 Å². The lowest BCUT2D eigenvalue weighted by molar-refractivity contribution is -0.136. The van der Waals surface area contributed by atoms with E-state index in [-0.39, 0.29) is 0 Å². The van der Waals surface area contributed by atoms with E-state index in [1.807, 2.05) is 0 Å². The summed E-state index contributed by atoms with van der Waals surface area (Å²) in [5.74, 6) is -1.82. The maximum absolute atomic E-state index is 13.3. The van der Waals surface area contributed by atoms with Gasteiger partial charge in [0, 0.05) is 18.0 Å². The molecule has 2 N–H and O–H groups in total. The quantitative estimate of drug-likeness (QED) is 0.655. The minimum atomic E-state index is -4.39. The van der Waals surface area contributed by atoms with Gasteiger partial charge in [0.15, 0.2) is 0 Å². The Hall–Kier alpha value is -0.880. The second kappa shape index (κ2) is 5.18. The summed E-state index contributed by atoms with van der Waals surface area (Å²) in [5.41, 5.74) is 4.96. The molecule has 0 aliphatic rings. The molecule has 0 spiro atoms. The fourth-order valence-corrected chi connectivity index (χ4v) is 1.64. The van der Waals surface area contributed by atoms with E-state index in [9.17, 15) is 22.0 Å². The van der Waals surface area contributed by atoms with Crippen LogP contribution in [0.1, 0.15) is 24.4 Å². The second-order valence-electron chi connectivity index (χ2n) is 3.52. The highest BCUT2D eigenvalue weighted by Gasteiger charge is 2.29. The van der Waals surface area contributed by atoms with Crippen LogP contribution in [0.25, 0.3) is 0 Å². The van der Waals surface area contributed by atoms with Crippen LogP contribution in [0.4, 0.5) is 22.0 Å². The Morgan fingerprint density at radius 1 is 1.18 bits per heavy atom. The van der Waals surface area contributed by atoms with Crippen molar-refractivity contribution >= 4 is 11.6 Å². The number of rotatable bonds is 3. The zero-order valence-corrected chi connectivity index (χ0v) is 9.25. The Morgan fingerprint density at radius 3 is 2.24 bits per heavy atom. The SMILES string of the molecule is N[C@@H](CCC(F)(F)F)c1c(F)ccc(F)c1Cl. The molecular weight excluding hydrogens is 265 g/mol. The van der Waals surface area contributed by atoms with E-state index < -0.39 is 47.3 Å². The Morgan fingerprint density at radius 2 is 1.71 bits per heavy atom. The van der Waals surface area contributed by atoms with Crippen LogP contribution in [-0.2, 0) is 0 Å². The van der Waals surface area contributed by atoms with E-state index >= 15 is 0 Å². The second-order valence-corrected chi connectivity index (χ2v) is 3.90. The zero-order chi connectivity index (χ0) is 13.2. The van der Waals surface area contributed by atoms with Crippen LogP contribution < -0.4 is 5.73 Å². The van der Waals surface area contributed by atoms with Gasteiger partial charge in [-0.25, -0.2) is 8.78 Å². The van der Waals surface area contributed by atoms with Crippen molar-refractivity contribution in [3.8, 4) is 0 Å². The molecule has 0 bridgehead atoms. The molecule has 0 saturated carbocycles. The van der Waals surface area contributed by atoms with Crippen molar-refractivity contribution in [2.24, 2.45) is 5.73 Å². The monoisotopic (exact) mass is 273 g/mol. The average Bonchev–Trinajstić information content (AvgIpc) is 2.20. The smallest absolute Gasteiger partial charge is 0.324 e. The van der Waals surface area contributed by atoms with E-state index in [4.69, 9.17) is 17.3 Å². The van der Waals surface area contributed by atoms with Gasteiger partial charge in [0.2, 0.25) is 0 Å². The zero-order valence-electron chi connectivity index (χ0n) is 8.49. The molecule has 7 heteroatoms. The van der Waals surface area contributed by atoms with E-state index in [0.29, 0.717) is 0 Å². The predicted molar refractivity (Wildman–Crippen MR) is 53.6 cm³/mol. The van der Waals surface area contributed by atoms with Gasteiger partial charge in [-0.3, -0.25) is 0 Å². The third-order valence-electron chi connectivity index (χ3n) is 2.19. The highest BCUT2D eigenvalue weighted by Crippen LogP contribution is 2.32. The van der Waals surface area contributed by atoms with Gasteiger partial charge in [0.05, 0.1) is 5.02 Å². The Labute approximate surface area is 99.4 Å². The molecule has 1 aromatic rings. The van der Waals surface area contributed by atoms with E-state index in [1.54, 1.807) is 0 Å². The van der Waals surface area contributed by atoms with Crippen LogP contribution in [0.2, 0.25) is 5.02 Å². The number of halogens is 6. The summed E-state index contributed by atoms with van der Waals surface area (Å²) >= 11 is 5.47. The lowest BCUT2D eigenvalue weighted by Gasteiger charge is -2.16. The molecule has 1 rings (SSSR count).